The molecule has 0 atom stereocenters. The Morgan fingerprint density at radius 1 is 0.308 bits per heavy atom. The van der Waals surface area contributed by atoms with E-state index in [0.717, 1.165) is 45.6 Å². The number of hydrogen-bond donors (Lipinski definition) is 0. The number of hydrogen-bond acceptors (Lipinski definition) is 5. The lowest BCUT2D eigenvalue weighted by molar-refractivity contribution is -0.668. The molecule has 4 aromatic heterocycles. The standard InChI is InChI=1S/C34H29N2.C24H27N2.C21H28N3.C19H21N2/c1-20-18-28-26-14-8-11-17-31(26)34(29-15-9-6-12-24(29)25-13-7-10-16-30(25)34)32(28)19-27(20)33-22(3)35-21(2)23(4)36(33)5;1-14-12-20-18-10-8-9-11-21(18)24(5,6)22(20)13-19(14)23-16(3)25-15(2)17(4)26(23)7;1-13-18-9-7-11-24-10-6-8-17(21(18)24)12-19(13)20-15(3)22-14(2)16(4)23(20)5;1-12-10-16-8-6-7-9-17(16)11-18(12)19-14(3)20-13(2)15(4)21(19)5/h6-19H,1-5H3;8-13H,1-7H3;12H,6-11H2,1-5H3;6-11H,1-5H3/q4*+1. The molecule has 2 aliphatic heterocycles. The summed E-state index contributed by atoms with van der Waals surface area (Å²) < 4.78 is 9.20. The molecule has 0 saturated carbocycles. The molecule has 0 amide bonds. The van der Waals surface area contributed by atoms with Gasteiger partial charge in [0.15, 0.2) is 22.8 Å². The van der Waals surface area contributed by atoms with Crippen LogP contribution >= 0.6 is 0 Å². The molecule has 9 nitrogen and oxygen atoms in total. The highest BCUT2D eigenvalue weighted by Gasteiger charge is 2.52. The Kier molecular flexibility index (Phi) is 18.4. The predicted octanol–water partition coefficient (Wildman–Crippen LogP) is 19.7. The zero-order chi connectivity index (χ0) is 75.7. The summed E-state index contributed by atoms with van der Waals surface area (Å²) in [7, 11) is 8.63. The highest BCUT2D eigenvalue weighted by Crippen LogP contribution is 2.63. The molecule has 6 heterocycles. The highest BCUT2D eigenvalue weighted by atomic mass is 15.1. The minimum absolute atomic E-state index is 0.0218. The van der Waals surface area contributed by atoms with Crippen LogP contribution in [0.2, 0.25) is 0 Å². The molecule has 0 bridgehead atoms. The lowest BCUT2D eigenvalue weighted by Crippen LogP contribution is -2.38. The van der Waals surface area contributed by atoms with E-state index < -0.39 is 0 Å². The molecule has 18 rings (SSSR count). The Morgan fingerprint density at radius 2 is 0.645 bits per heavy atom. The van der Waals surface area contributed by atoms with E-state index in [1.54, 1.807) is 16.8 Å². The van der Waals surface area contributed by atoms with Gasteiger partial charge in [0, 0.05) is 51.9 Å². The van der Waals surface area contributed by atoms with E-state index in [4.69, 9.17) is 19.9 Å². The fourth-order valence-corrected chi connectivity index (χ4v) is 19.1. The molecule has 13 aromatic rings. The molecule has 3 aliphatic carbocycles. The molecular formula is C98H105N9+4. The summed E-state index contributed by atoms with van der Waals surface area (Å²) in [5, 5.41) is 2.56. The van der Waals surface area contributed by atoms with E-state index in [-0.39, 0.29) is 10.8 Å². The van der Waals surface area contributed by atoms with Gasteiger partial charge in [0.25, 0.3) is 0 Å². The monoisotopic (exact) mass is 1410 g/mol. The number of aryl methyl sites for hydroxylation is 12. The maximum absolute atomic E-state index is 4.92. The molecule has 1 spiro atoms. The Labute approximate surface area is 635 Å². The van der Waals surface area contributed by atoms with Gasteiger partial charge >= 0.3 is 0 Å². The van der Waals surface area contributed by atoms with Gasteiger partial charge in [0.2, 0.25) is 22.8 Å². The first-order chi connectivity index (χ1) is 51.1. The summed E-state index contributed by atoms with van der Waals surface area (Å²) in [6.07, 6.45) is 5.00. The number of aromatic nitrogens is 8. The Morgan fingerprint density at radius 3 is 1.09 bits per heavy atom. The second kappa shape index (κ2) is 27.3. The van der Waals surface area contributed by atoms with Crippen molar-refractivity contribution in [2.45, 2.75) is 161 Å². The smallest absolute Gasteiger partial charge is 0.234 e. The number of nitrogens with zero attached hydrogens (tertiary/aromatic N) is 9. The van der Waals surface area contributed by atoms with Crippen molar-refractivity contribution < 1.29 is 18.3 Å². The topological polar surface area (TPSA) is 70.3 Å². The highest BCUT2D eigenvalue weighted by molar-refractivity contribution is 5.97. The summed E-state index contributed by atoms with van der Waals surface area (Å²) >= 11 is 0. The maximum atomic E-state index is 4.92. The fourth-order valence-electron chi connectivity index (χ4n) is 19.1. The SMILES string of the molecule is Cc1cc2c(cc1-c1c(C)nc(C)c(C)[n+]1C)C(C)(C)c1ccccc1-2.Cc1cc2c(cc1-c1c(C)nc(C)c(C)[n+]1C)C1(c3ccccc3-c3ccccc31)c1ccccc1-2.Cc1cc2ccccc2cc1-c1c(C)nc(C)c(C)[n+]1C.Cc1nc(C)c(-c2cc3c4c(c2C)CCCN4CCC3)[n+](C)c1C. The van der Waals surface area contributed by atoms with Crippen molar-refractivity contribution in [2.75, 3.05) is 18.0 Å². The third-order valence-corrected chi connectivity index (χ3v) is 25.4. The van der Waals surface area contributed by atoms with Crippen LogP contribution in [0.4, 0.5) is 5.69 Å². The van der Waals surface area contributed by atoms with E-state index in [1.165, 1.54) is 206 Å². The van der Waals surface area contributed by atoms with Gasteiger partial charge in [0.05, 0.1) is 27.7 Å². The van der Waals surface area contributed by atoms with Crippen molar-refractivity contribution in [3.8, 4) is 78.4 Å². The third kappa shape index (κ3) is 11.5. The molecular weight excluding hydrogens is 1300 g/mol. The minimum atomic E-state index is -0.318. The van der Waals surface area contributed by atoms with Crippen LogP contribution in [-0.2, 0) is 51.9 Å². The van der Waals surface area contributed by atoms with Crippen molar-refractivity contribution >= 4 is 16.5 Å². The second-order valence-electron chi connectivity index (χ2n) is 31.8. The lowest BCUT2D eigenvalue weighted by atomic mass is 9.70. The number of benzene rings is 9. The Bertz CT molecular complexity index is 5840. The van der Waals surface area contributed by atoms with Gasteiger partial charge in [-0.05, 0) is 244 Å². The summed E-state index contributed by atoms with van der Waals surface area (Å²) in [6, 6.07) is 61.0. The van der Waals surface area contributed by atoms with Crippen LogP contribution in [0.1, 0.15) is 162 Å². The summed E-state index contributed by atoms with van der Waals surface area (Å²) in [6.45, 7) is 41.6. The van der Waals surface area contributed by atoms with Crippen LogP contribution in [0.15, 0.2) is 164 Å². The van der Waals surface area contributed by atoms with Crippen molar-refractivity contribution in [3.05, 3.63) is 299 Å². The van der Waals surface area contributed by atoms with Gasteiger partial charge in [-0.1, -0.05) is 153 Å². The quantitative estimate of drug-likeness (QED) is 0.164. The molecule has 0 saturated heterocycles. The van der Waals surface area contributed by atoms with Crippen LogP contribution in [0.5, 0.6) is 0 Å². The molecule has 538 valence electrons. The molecule has 5 aliphatic rings. The van der Waals surface area contributed by atoms with Crippen molar-refractivity contribution in [1.82, 2.24) is 19.9 Å². The van der Waals surface area contributed by atoms with Crippen molar-refractivity contribution in [3.63, 3.8) is 0 Å². The zero-order valence-corrected chi connectivity index (χ0v) is 67.4. The van der Waals surface area contributed by atoms with Crippen molar-refractivity contribution in [2.24, 2.45) is 28.2 Å². The van der Waals surface area contributed by atoms with Gasteiger partial charge in [-0.15, -0.1) is 0 Å². The lowest BCUT2D eigenvalue weighted by Gasteiger charge is -2.38. The van der Waals surface area contributed by atoms with Crippen LogP contribution in [-0.4, -0.2) is 33.0 Å². The second-order valence-corrected chi connectivity index (χ2v) is 31.8. The first-order valence-electron chi connectivity index (χ1n) is 38.6. The largest absolute Gasteiger partial charge is 0.371 e. The first kappa shape index (κ1) is 71.9. The molecule has 0 unspecified atom stereocenters. The van der Waals surface area contributed by atoms with E-state index in [2.05, 4.69) is 340 Å². The van der Waals surface area contributed by atoms with E-state index >= 15 is 0 Å². The van der Waals surface area contributed by atoms with Gasteiger partial charge in [0.1, 0.15) is 73.7 Å². The normalized spacial score (nSPS) is 14.0. The Hall–Kier alpha value is -10.6. The number of anilines is 1. The Balaban J connectivity index is 0.000000117. The predicted molar refractivity (Wildman–Crippen MR) is 439 cm³/mol. The third-order valence-electron chi connectivity index (χ3n) is 25.4. The summed E-state index contributed by atoms with van der Waals surface area (Å²) in [5.74, 6) is 0. The van der Waals surface area contributed by atoms with E-state index in [9.17, 15) is 0 Å². The average molecular weight is 1410 g/mol. The van der Waals surface area contributed by atoms with Gasteiger partial charge < -0.3 is 4.90 Å². The molecule has 0 N–H and O–H groups in total. The molecule has 107 heavy (non-hydrogen) atoms. The number of rotatable bonds is 4. The maximum Gasteiger partial charge on any atom is 0.234 e. The summed E-state index contributed by atoms with van der Waals surface area (Å²) in [5.41, 5.74) is 50.0. The molecule has 0 fully saturated rings. The van der Waals surface area contributed by atoms with E-state index in [0.29, 0.717) is 0 Å². The van der Waals surface area contributed by atoms with Gasteiger partial charge in [-0.3, -0.25) is 0 Å². The average Bonchev–Trinajstić information content (AvgIpc) is 1.51. The summed E-state index contributed by atoms with van der Waals surface area (Å²) in [4.78, 5) is 21.9. The van der Waals surface area contributed by atoms with E-state index in [1.807, 2.05) is 0 Å². The van der Waals surface area contributed by atoms with Crippen LogP contribution in [0.3, 0.4) is 0 Å². The number of fused-ring (bicyclic) bond motifs is 14. The van der Waals surface area contributed by atoms with Crippen LogP contribution in [0, 0.1) is 111 Å². The van der Waals surface area contributed by atoms with Crippen LogP contribution < -0.4 is 23.2 Å². The van der Waals surface area contributed by atoms with Gasteiger partial charge in [-0.25, -0.2) is 19.9 Å². The van der Waals surface area contributed by atoms with Crippen LogP contribution in [0.25, 0.3) is 89.2 Å². The van der Waals surface area contributed by atoms with Gasteiger partial charge in [-0.2, -0.15) is 18.3 Å². The molecule has 9 heteroatoms. The zero-order valence-electron chi connectivity index (χ0n) is 67.4. The minimum Gasteiger partial charge on any atom is -0.371 e. The van der Waals surface area contributed by atoms with Crippen molar-refractivity contribution in [1.29, 1.82) is 0 Å². The fraction of sp³-hybridized carbons (Fsp3) is 0.306. The first-order valence-corrected chi connectivity index (χ1v) is 38.6. The molecule has 0 radical (unpaired) electrons. The molecule has 9 aromatic carbocycles.